The molecule has 3 heterocycles. The zero-order valence-corrected chi connectivity index (χ0v) is 23.2. The van der Waals surface area contributed by atoms with E-state index in [2.05, 4.69) is 34.3 Å². The number of anilines is 1. The topological polar surface area (TPSA) is 123 Å². The maximum Gasteiger partial charge on any atom is 0.356 e. The van der Waals surface area contributed by atoms with Crippen LogP contribution in [0.15, 0.2) is 59.9 Å². The van der Waals surface area contributed by atoms with Gasteiger partial charge in [-0.2, -0.15) is 5.10 Å². The summed E-state index contributed by atoms with van der Waals surface area (Å²) in [6, 6.07) is 10.0. The highest BCUT2D eigenvalue weighted by molar-refractivity contribution is 6.03. The van der Waals surface area contributed by atoms with Crippen LogP contribution in [0.1, 0.15) is 68.2 Å². The molecule has 1 atom stereocenters. The lowest BCUT2D eigenvalue weighted by atomic mass is 9.70. The van der Waals surface area contributed by atoms with Crippen molar-refractivity contribution in [3.8, 4) is 11.1 Å². The quantitative estimate of drug-likeness (QED) is 0.331. The average Bonchev–Trinajstić information content (AvgIpc) is 3.33. The smallest absolute Gasteiger partial charge is 0.356 e. The summed E-state index contributed by atoms with van der Waals surface area (Å²) in [6.07, 6.45) is 6.46. The fourth-order valence-electron chi connectivity index (χ4n) is 5.12. The van der Waals surface area contributed by atoms with Crippen LogP contribution in [0.2, 0.25) is 0 Å². The largest absolute Gasteiger partial charge is 0.460 e. The van der Waals surface area contributed by atoms with Crippen LogP contribution in [0.4, 0.5) is 10.2 Å². The summed E-state index contributed by atoms with van der Waals surface area (Å²) >= 11 is 0. The number of nitrogens with zero attached hydrogens (tertiary/aromatic N) is 2. The summed E-state index contributed by atoms with van der Waals surface area (Å²) in [5.74, 6) is -0.866. The summed E-state index contributed by atoms with van der Waals surface area (Å²) < 4.78 is 19.3. The molecular weight excluding hydrogens is 509 g/mol. The van der Waals surface area contributed by atoms with E-state index in [4.69, 9.17) is 10.5 Å². The number of H-pyrrole nitrogens is 1. The standard InChI is InChI=1S/C31H34FN5O3/c1-30(2)13-23-25(24(38)14-30)22(11-10-21-9-8-19(15-34-21)18-6-5-7-20(32)12-18)26-27(36-37-28(26)35-23)29(39)40-17-31(3,4)16-33/h5-12,15,22H,13-14,16-17,33H2,1-4H3,(H2,35,36,37). The van der Waals surface area contributed by atoms with E-state index in [1.54, 1.807) is 12.3 Å². The van der Waals surface area contributed by atoms with Gasteiger partial charge < -0.3 is 15.8 Å². The molecule has 0 radical (unpaired) electrons. The zero-order chi connectivity index (χ0) is 28.7. The van der Waals surface area contributed by atoms with Crippen molar-refractivity contribution < 1.29 is 18.7 Å². The van der Waals surface area contributed by atoms with Crippen LogP contribution in [-0.4, -0.2) is 40.1 Å². The van der Waals surface area contributed by atoms with Crippen LogP contribution in [-0.2, 0) is 9.53 Å². The van der Waals surface area contributed by atoms with Gasteiger partial charge in [-0.25, -0.2) is 9.18 Å². The van der Waals surface area contributed by atoms with Crippen molar-refractivity contribution in [2.75, 3.05) is 18.5 Å². The highest BCUT2D eigenvalue weighted by Gasteiger charge is 2.42. The number of nitrogens with one attached hydrogen (secondary N) is 2. The van der Waals surface area contributed by atoms with Crippen molar-refractivity contribution in [2.45, 2.75) is 46.5 Å². The Hall–Kier alpha value is -4.11. The summed E-state index contributed by atoms with van der Waals surface area (Å²) in [6.45, 7) is 8.47. The molecule has 8 nitrogen and oxygen atoms in total. The highest BCUT2D eigenvalue weighted by atomic mass is 19.1. The Morgan fingerprint density at radius 3 is 2.73 bits per heavy atom. The fraction of sp³-hybridized carbons (Fsp3) is 0.355. The molecule has 208 valence electrons. The molecule has 1 aliphatic carbocycles. The first-order valence-electron chi connectivity index (χ1n) is 13.4. The second-order valence-electron chi connectivity index (χ2n) is 12.1. The maximum absolute atomic E-state index is 13.7. The summed E-state index contributed by atoms with van der Waals surface area (Å²) in [7, 11) is 0. The van der Waals surface area contributed by atoms with Crippen LogP contribution in [0.5, 0.6) is 0 Å². The van der Waals surface area contributed by atoms with Gasteiger partial charge in [0.05, 0.1) is 12.3 Å². The van der Waals surface area contributed by atoms with Gasteiger partial charge in [-0.15, -0.1) is 0 Å². The van der Waals surface area contributed by atoms with Crippen molar-refractivity contribution in [1.82, 2.24) is 15.2 Å². The van der Waals surface area contributed by atoms with Gasteiger partial charge in [-0.05, 0) is 41.7 Å². The lowest BCUT2D eigenvalue weighted by molar-refractivity contribution is -0.118. The minimum absolute atomic E-state index is 0.0262. The van der Waals surface area contributed by atoms with E-state index in [-0.39, 0.29) is 34.7 Å². The van der Waals surface area contributed by atoms with Gasteiger partial charge >= 0.3 is 5.97 Å². The molecule has 5 rings (SSSR count). The molecule has 1 unspecified atom stereocenters. The normalized spacial score (nSPS) is 18.4. The molecule has 2 aliphatic rings. The molecule has 0 saturated carbocycles. The van der Waals surface area contributed by atoms with Gasteiger partial charge in [0, 0.05) is 52.9 Å². The minimum atomic E-state index is -0.555. The van der Waals surface area contributed by atoms with E-state index >= 15 is 0 Å². The predicted molar refractivity (Wildman–Crippen MR) is 152 cm³/mol. The molecule has 40 heavy (non-hydrogen) atoms. The summed E-state index contributed by atoms with van der Waals surface area (Å²) in [5, 5.41) is 10.5. The minimum Gasteiger partial charge on any atom is -0.460 e. The first-order valence-corrected chi connectivity index (χ1v) is 13.4. The number of esters is 1. The van der Waals surface area contributed by atoms with Crippen molar-refractivity contribution >= 4 is 23.6 Å². The Bertz CT molecular complexity index is 1520. The van der Waals surface area contributed by atoms with Crippen LogP contribution in [0, 0.1) is 16.6 Å². The number of benzene rings is 1. The Morgan fingerprint density at radius 1 is 1.23 bits per heavy atom. The molecule has 2 aromatic heterocycles. The second-order valence-corrected chi connectivity index (χ2v) is 12.1. The molecule has 1 aromatic carbocycles. The van der Waals surface area contributed by atoms with Crippen molar-refractivity contribution in [3.63, 3.8) is 0 Å². The van der Waals surface area contributed by atoms with Crippen LogP contribution in [0.3, 0.4) is 0 Å². The zero-order valence-electron chi connectivity index (χ0n) is 23.2. The lowest BCUT2D eigenvalue weighted by Gasteiger charge is -2.37. The number of halogens is 1. The van der Waals surface area contributed by atoms with Gasteiger partial charge in [-0.3, -0.25) is 14.9 Å². The number of ether oxygens (including phenoxy) is 1. The summed E-state index contributed by atoms with van der Waals surface area (Å²) in [4.78, 5) is 31.2. The molecule has 3 aromatic rings. The molecule has 4 N–H and O–H groups in total. The fourth-order valence-corrected chi connectivity index (χ4v) is 5.12. The monoisotopic (exact) mass is 543 g/mol. The third-order valence-electron chi connectivity index (χ3n) is 7.37. The predicted octanol–water partition coefficient (Wildman–Crippen LogP) is 5.62. The molecule has 0 bridgehead atoms. The molecule has 9 heteroatoms. The molecule has 0 saturated heterocycles. The number of rotatable bonds is 7. The number of pyridine rings is 1. The first-order chi connectivity index (χ1) is 19.0. The van der Waals surface area contributed by atoms with E-state index < -0.39 is 11.9 Å². The molecule has 0 fully saturated rings. The Balaban J connectivity index is 1.49. The number of carbonyl (C=O) groups is 2. The number of ketones is 1. The van der Waals surface area contributed by atoms with Gasteiger partial charge in [-0.1, -0.05) is 52.0 Å². The number of hydrogen-bond acceptors (Lipinski definition) is 7. The third-order valence-corrected chi connectivity index (χ3v) is 7.37. The number of Topliss-reactive ketones (excluding diaryl/α,β-unsaturated/α-hetero) is 1. The second kappa shape index (κ2) is 10.5. The van der Waals surface area contributed by atoms with Gasteiger partial charge in [0.1, 0.15) is 11.5 Å². The number of carbonyl (C=O) groups excluding carboxylic acids is 2. The number of nitrogens with two attached hydrogens (primary N) is 1. The maximum atomic E-state index is 13.7. The number of aromatic nitrogens is 3. The Morgan fingerprint density at radius 2 is 2.02 bits per heavy atom. The number of allylic oxidation sites excluding steroid dienone is 3. The van der Waals surface area contributed by atoms with E-state index in [9.17, 15) is 14.0 Å². The van der Waals surface area contributed by atoms with Crippen LogP contribution < -0.4 is 11.1 Å². The van der Waals surface area contributed by atoms with Crippen molar-refractivity contribution in [2.24, 2.45) is 16.6 Å². The molecular formula is C31H34FN5O3. The molecule has 0 amide bonds. The number of aromatic amines is 1. The average molecular weight is 544 g/mol. The molecule has 0 spiro atoms. The lowest BCUT2D eigenvalue weighted by Crippen LogP contribution is -2.33. The van der Waals surface area contributed by atoms with Crippen molar-refractivity contribution in [3.05, 3.63) is 82.7 Å². The molecule has 1 aliphatic heterocycles. The summed E-state index contributed by atoms with van der Waals surface area (Å²) in [5.41, 5.74) is 9.60. The van der Waals surface area contributed by atoms with Gasteiger partial charge in [0.2, 0.25) is 0 Å². The van der Waals surface area contributed by atoms with Gasteiger partial charge in [0.25, 0.3) is 0 Å². The van der Waals surface area contributed by atoms with Crippen LogP contribution in [0.25, 0.3) is 17.2 Å². The van der Waals surface area contributed by atoms with Gasteiger partial charge in [0.15, 0.2) is 11.6 Å². The van der Waals surface area contributed by atoms with E-state index in [1.807, 2.05) is 44.2 Å². The van der Waals surface area contributed by atoms with E-state index in [0.717, 1.165) is 16.8 Å². The number of fused-ring (bicyclic) bond motifs is 1. The Labute approximate surface area is 232 Å². The van der Waals surface area contributed by atoms with E-state index in [1.165, 1.54) is 12.1 Å². The number of hydrogen-bond donors (Lipinski definition) is 3. The van der Waals surface area contributed by atoms with Crippen LogP contribution >= 0.6 is 0 Å². The SMILES string of the molecule is CC(C)(CN)COC(=O)c1[nH]nc2c1C(C=Cc1ccc(-c3cccc(F)c3)cn1)C1=C(CC(C)(C)CC1=O)N2. The van der Waals surface area contributed by atoms with E-state index in [0.29, 0.717) is 42.0 Å². The first kappa shape index (κ1) is 27.5. The Kier molecular flexibility index (Phi) is 7.18. The third kappa shape index (κ3) is 5.60. The van der Waals surface area contributed by atoms with Crippen molar-refractivity contribution in [1.29, 1.82) is 0 Å². The highest BCUT2D eigenvalue weighted by Crippen LogP contribution is 2.47.